The third-order valence-electron chi connectivity index (χ3n) is 3.39. The van der Waals surface area contributed by atoms with Gasteiger partial charge in [-0.25, -0.2) is 8.42 Å². The molecule has 116 valence electrons. The van der Waals surface area contributed by atoms with Gasteiger partial charge in [0.2, 0.25) is 5.91 Å². The first-order valence-electron chi connectivity index (χ1n) is 7.06. The van der Waals surface area contributed by atoms with E-state index >= 15 is 0 Å². The Balaban J connectivity index is 2.05. The van der Waals surface area contributed by atoms with Gasteiger partial charge in [-0.15, -0.1) is 0 Å². The molecule has 0 radical (unpaired) electrons. The van der Waals surface area contributed by atoms with Gasteiger partial charge in [-0.2, -0.15) is 0 Å². The number of sulfone groups is 1. The van der Waals surface area contributed by atoms with E-state index in [-0.39, 0.29) is 18.2 Å². The van der Waals surface area contributed by atoms with Crippen molar-refractivity contribution in [1.82, 2.24) is 4.90 Å². The first kappa shape index (κ1) is 16.2. The molecule has 2 rings (SSSR count). The van der Waals surface area contributed by atoms with Crippen molar-refractivity contribution in [3.05, 3.63) is 66.2 Å². The molecule has 22 heavy (non-hydrogen) atoms. The number of hydrogen-bond acceptors (Lipinski definition) is 3. The molecule has 0 bridgehead atoms. The highest BCUT2D eigenvalue weighted by Gasteiger charge is 2.17. The average Bonchev–Trinajstić information content (AvgIpc) is 2.53. The predicted octanol–water partition coefficient (Wildman–Crippen LogP) is 2.51. The van der Waals surface area contributed by atoms with Gasteiger partial charge in [-0.3, -0.25) is 4.79 Å². The van der Waals surface area contributed by atoms with Gasteiger partial charge >= 0.3 is 0 Å². The summed E-state index contributed by atoms with van der Waals surface area (Å²) in [6.45, 7) is 2.06. The van der Waals surface area contributed by atoms with Crippen molar-refractivity contribution < 1.29 is 13.2 Å². The molecule has 0 saturated carbocycles. The summed E-state index contributed by atoms with van der Waals surface area (Å²) in [4.78, 5) is 13.6. The van der Waals surface area contributed by atoms with E-state index in [1.165, 1.54) is 6.92 Å². The molecule has 0 aromatic heterocycles. The van der Waals surface area contributed by atoms with Crippen molar-refractivity contribution in [2.75, 3.05) is 12.3 Å². The Labute approximate surface area is 131 Å². The van der Waals surface area contributed by atoms with Gasteiger partial charge in [-0.05, 0) is 17.7 Å². The molecule has 0 aliphatic carbocycles. The molecule has 0 spiro atoms. The van der Waals surface area contributed by atoms with Crippen molar-refractivity contribution in [2.45, 2.75) is 18.4 Å². The molecule has 0 atom stereocenters. The van der Waals surface area contributed by atoms with E-state index in [2.05, 4.69) is 0 Å². The number of rotatable bonds is 6. The highest BCUT2D eigenvalue weighted by Crippen LogP contribution is 2.11. The molecule has 0 fully saturated rings. The quantitative estimate of drug-likeness (QED) is 0.822. The molecule has 2 aromatic rings. The maximum atomic E-state index is 12.3. The van der Waals surface area contributed by atoms with Crippen LogP contribution in [0.25, 0.3) is 0 Å². The molecule has 0 unspecified atom stereocenters. The van der Waals surface area contributed by atoms with Crippen LogP contribution in [0.3, 0.4) is 0 Å². The van der Waals surface area contributed by atoms with Crippen LogP contribution < -0.4 is 0 Å². The maximum Gasteiger partial charge on any atom is 0.219 e. The maximum absolute atomic E-state index is 12.3. The number of hydrogen-bond donors (Lipinski definition) is 0. The zero-order valence-electron chi connectivity index (χ0n) is 12.5. The first-order chi connectivity index (χ1) is 10.5. The fourth-order valence-electron chi connectivity index (χ4n) is 2.13. The van der Waals surface area contributed by atoms with Crippen molar-refractivity contribution in [3.63, 3.8) is 0 Å². The summed E-state index contributed by atoms with van der Waals surface area (Å²) in [5, 5.41) is 0. The third-order valence-corrected chi connectivity index (χ3v) is 5.10. The molecule has 0 heterocycles. The lowest BCUT2D eigenvalue weighted by molar-refractivity contribution is -0.129. The van der Waals surface area contributed by atoms with Crippen LogP contribution in [0.1, 0.15) is 12.5 Å². The monoisotopic (exact) mass is 317 g/mol. The Morgan fingerprint density at radius 2 is 1.50 bits per heavy atom. The fraction of sp³-hybridized carbons (Fsp3) is 0.235. The minimum absolute atomic E-state index is 0.0799. The second-order valence-electron chi connectivity index (χ2n) is 5.06. The zero-order chi connectivity index (χ0) is 16.0. The van der Waals surface area contributed by atoms with Gasteiger partial charge in [0, 0.05) is 20.0 Å². The predicted molar refractivity (Wildman–Crippen MR) is 86.0 cm³/mol. The van der Waals surface area contributed by atoms with Gasteiger partial charge in [0.15, 0.2) is 9.84 Å². The molecule has 4 nitrogen and oxygen atoms in total. The van der Waals surface area contributed by atoms with Gasteiger partial charge in [0.05, 0.1) is 10.6 Å². The highest BCUT2D eigenvalue weighted by atomic mass is 32.2. The summed E-state index contributed by atoms with van der Waals surface area (Å²) in [7, 11) is -3.38. The minimum atomic E-state index is -3.38. The van der Waals surface area contributed by atoms with E-state index < -0.39 is 9.84 Å². The topological polar surface area (TPSA) is 54.5 Å². The van der Waals surface area contributed by atoms with Crippen LogP contribution in [0.2, 0.25) is 0 Å². The van der Waals surface area contributed by atoms with Crippen LogP contribution >= 0.6 is 0 Å². The van der Waals surface area contributed by atoms with Gasteiger partial charge in [-0.1, -0.05) is 48.5 Å². The number of nitrogens with zero attached hydrogens (tertiary/aromatic N) is 1. The molecular formula is C17H19NO3S. The molecule has 0 saturated heterocycles. The van der Waals surface area contributed by atoms with Gasteiger partial charge < -0.3 is 4.90 Å². The van der Waals surface area contributed by atoms with Gasteiger partial charge in [0.25, 0.3) is 0 Å². The summed E-state index contributed by atoms with van der Waals surface area (Å²) in [5.41, 5.74) is 0.981. The normalized spacial score (nSPS) is 11.1. The minimum Gasteiger partial charge on any atom is -0.338 e. The van der Waals surface area contributed by atoms with Crippen LogP contribution in [-0.4, -0.2) is 31.5 Å². The fourth-order valence-corrected chi connectivity index (χ4v) is 3.40. The van der Waals surface area contributed by atoms with Crippen LogP contribution in [0.5, 0.6) is 0 Å². The van der Waals surface area contributed by atoms with Gasteiger partial charge in [0.1, 0.15) is 0 Å². The Morgan fingerprint density at radius 1 is 0.955 bits per heavy atom. The van der Waals surface area contributed by atoms with E-state index in [1.807, 2.05) is 30.3 Å². The molecular weight excluding hydrogens is 298 g/mol. The zero-order valence-corrected chi connectivity index (χ0v) is 13.3. The van der Waals surface area contributed by atoms with E-state index in [4.69, 9.17) is 0 Å². The Hall–Kier alpha value is -2.14. The first-order valence-corrected chi connectivity index (χ1v) is 8.71. The van der Waals surface area contributed by atoms with Crippen LogP contribution in [0.4, 0.5) is 0 Å². The number of carbonyl (C=O) groups is 1. The summed E-state index contributed by atoms with van der Waals surface area (Å²) < 4.78 is 24.5. The third kappa shape index (κ3) is 4.43. The lowest BCUT2D eigenvalue weighted by Gasteiger charge is -2.21. The lowest BCUT2D eigenvalue weighted by atomic mass is 10.2. The summed E-state index contributed by atoms with van der Waals surface area (Å²) in [6.07, 6.45) is 0. The average molecular weight is 317 g/mol. The largest absolute Gasteiger partial charge is 0.338 e. The van der Waals surface area contributed by atoms with Crippen LogP contribution in [-0.2, 0) is 21.2 Å². The van der Waals surface area contributed by atoms with Crippen molar-refractivity contribution in [2.24, 2.45) is 0 Å². The second kappa shape index (κ2) is 7.22. The Kier molecular flexibility index (Phi) is 5.33. The van der Waals surface area contributed by atoms with Crippen LogP contribution in [0, 0.1) is 0 Å². The van der Waals surface area contributed by atoms with Crippen molar-refractivity contribution in [3.8, 4) is 0 Å². The highest BCUT2D eigenvalue weighted by molar-refractivity contribution is 7.91. The lowest BCUT2D eigenvalue weighted by Crippen LogP contribution is -2.33. The Morgan fingerprint density at radius 3 is 2.05 bits per heavy atom. The number of benzene rings is 2. The SMILES string of the molecule is CC(=O)N(CCS(=O)(=O)c1ccccc1)Cc1ccccc1. The second-order valence-corrected chi connectivity index (χ2v) is 7.17. The van der Waals surface area contributed by atoms with E-state index in [9.17, 15) is 13.2 Å². The van der Waals surface area contributed by atoms with E-state index in [0.29, 0.717) is 11.4 Å². The molecule has 5 heteroatoms. The number of carbonyl (C=O) groups excluding carboxylic acids is 1. The standard InChI is InChI=1S/C17H19NO3S/c1-15(19)18(14-16-8-4-2-5-9-16)12-13-22(20,21)17-10-6-3-7-11-17/h2-11H,12-14H2,1H3. The molecule has 2 aromatic carbocycles. The van der Waals surface area contributed by atoms with Crippen LogP contribution in [0.15, 0.2) is 65.6 Å². The smallest absolute Gasteiger partial charge is 0.219 e. The molecule has 0 aliphatic heterocycles. The Bertz CT molecular complexity index is 712. The molecule has 0 N–H and O–H groups in total. The summed E-state index contributed by atoms with van der Waals surface area (Å²) >= 11 is 0. The van der Waals surface area contributed by atoms with Crippen molar-refractivity contribution >= 4 is 15.7 Å². The van der Waals surface area contributed by atoms with E-state index in [0.717, 1.165) is 5.56 Å². The van der Waals surface area contributed by atoms with E-state index in [1.54, 1.807) is 35.2 Å². The summed E-state index contributed by atoms with van der Waals surface area (Å²) in [5.74, 6) is -0.212. The number of amides is 1. The molecule has 1 amide bonds. The van der Waals surface area contributed by atoms with Crippen molar-refractivity contribution in [1.29, 1.82) is 0 Å². The summed E-state index contributed by atoms with van der Waals surface area (Å²) in [6, 6.07) is 17.8. The molecule has 0 aliphatic rings.